The number of carbonyl (C=O) groups excluding carboxylic acids is 1. The van der Waals surface area contributed by atoms with Crippen molar-refractivity contribution in [1.29, 1.82) is 0 Å². The van der Waals surface area contributed by atoms with Crippen LogP contribution < -0.4 is 4.74 Å². The number of hydrogen-bond donors (Lipinski definition) is 1. The number of aromatic nitrogens is 1. The molecule has 0 fully saturated rings. The highest BCUT2D eigenvalue weighted by Crippen LogP contribution is 2.26. The molecule has 0 saturated heterocycles. The predicted octanol–water partition coefficient (Wildman–Crippen LogP) is 4.99. The zero-order chi connectivity index (χ0) is 21.9. The number of benzene rings is 2. The number of aliphatic carboxylic acids is 1. The van der Waals surface area contributed by atoms with Gasteiger partial charge in [-0.3, -0.25) is 14.2 Å². The Labute approximate surface area is 170 Å². The van der Waals surface area contributed by atoms with Gasteiger partial charge < -0.3 is 9.84 Å². The van der Waals surface area contributed by atoms with Crippen molar-refractivity contribution in [1.82, 2.24) is 4.57 Å². The highest BCUT2D eigenvalue weighted by atomic mass is 19.4. The molecule has 1 N–H and O–H groups in total. The van der Waals surface area contributed by atoms with Crippen molar-refractivity contribution in [2.45, 2.75) is 32.4 Å². The van der Waals surface area contributed by atoms with Gasteiger partial charge >= 0.3 is 12.1 Å². The van der Waals surface area contributed by atoms with Crippen LogP contribution in [0.4, 0.5) is 13.2 Å². The highest BCUT2D eigenvalue weighted by molar-refractivity contribution is 6.04. The average molecular weight is 419 g/mol. The molecule has 0 aliphatic rings. The summed E-state index contributed by atoms with van der Waals surface area (Å²) in [6, 6.07) is 13.1. The molecular formula is C22H20F3NO4. The van der Waals surface area contributed by atoms with Crippen LogP contribution in [0, 0.1) is 6.92 Å². The molecule has 0 radical (unpaired) electrons. The number of alkyl halides is 3. The lowest BCUT2D eigenvalue weighted by atomic mass is 10.1. The van der Waals surface area contributed by atoms with E-state index in [1.165, 1.54) is 16.7 Å². The monoisotopic (exact) mass is 419 g/mol. The summed E-state index contributed by atoms with van der Waals surface area (Å²) in [6.07, 6.45) is -5.40. The van der Waals surface area contributed by atoms with Crippen molar-refractivity contribution in [3.05, 3.63) is 65.4 Å². The van der Waals surface area contributed by atoms with E-state index in [1.54, 1.807) is 43.3 Å². The SMILES string of the molecule is Cc1cc2c(CC(=O)O)cccc2n1C(=O)c1ccc(OCCCC(F)(F)F)cc1. The molecule has 158 valence electrons. The zero-order valence-electron chi connectivity index (χ0n) is 16.2. The van der Waals surface area contributed by atoms with Crippen LogP contribution in [0.15, 0.2) is 48.5 Å². The summed E-state index contributed by atoms with van der Waals surface area (Å²) in [4.78, 5) is 24.1. The third-order valence-corrected chi connectivity index (χ3v) is 4.64. The predicted molar refractivity (Wildman–Crippen MR) is 105 cm³/mol. The third-order valence-electron chi connectivity index (χ3n) is 4.64. The number of halogens is 3. The number of fused-ring (bicyclic) bond motifs is 1. The molecule has 1 aromatic heterocycles. The van der Waals surface area contributed by atoms with Gasteiger partial charge in [0.2, 0.25) is 0 Å². The Kier molecular flexibility index (Phi) is 6.14. The fourth-order valence-corrected chi connectivity index (χ4v) is 3.30. The van der Waals surface area contributed by atoms with E-state index in [4.69, 9.17) is 9.84 Å². The van der Waals surface area contributed by atoms with Crippen molar-refractivity contribution in [3.63, 3.8) is 0 Å². The number of rotatable bonds is 7. The van der Waals surface area contributed by atoms with Crippen LogP contribution in [0.25, 0.3) is 10.9 Å². The van der Waals surface area contributed by atoms with E-state index in [1.807, 2.05) is 0 Å². The number of carbonyl (C=O) groups is 2. The van der Waals surface area contributed by atoms with Gasteiger partial charge in [-0.15, -0.1) is 0 Å². The molecule has 8 heteroatoms. The summed E-state index contributed by atoms with van der Waals surface area (Å²) in [7, 11) is 0. The van der Waals surface area contributed by atoms with Crippen LogP contribution in [-0.4, -0.2) is 34.3 Å². The molecule has 0 aliphatic heterocycles. The maximum Gasteiger partial charge on any atom is 0.389 e. The minimum atomic E-state index is -4.21. The fourth-order valence-electron chi connectivity index (χ4n) is 3.30. The van der Waals surface area contributed by atoms with Crippen LogP contribution >= 0.6 is 0 Å². The Bertz CT molecular complexity index is 1070. The molecule has 0 aliphatic carbocycles. The molecule has 30 heavy (non-hydrogen) atoms. The van der Waals surface area contributed by atoms with E-state index in [0.717, 1.165) is 0 Å². The first-order valence-corrected chi connectivity index (χ1v) is 9.32. The largest absolute Gasteiger partial charge is 0.494 e. The summed E-state index contributed by atoms with van der Waals surface area (Å²) in [5.41, 5.74) is 2.28. The van der Waals surface area contributed by atoms with Gasteiger partial charge in [0.05, 0.1) is 18.5 Å². The number of hydrogen-bond acceptors (Lipinski definition) is 3. The Morgan fingerprint density at radius 3 is 2.43 bits per heavy atom. The summed E-state index contributed by atoms with van der Waals surface area (Å²) in [5, 5.41) is 9.80. The first-order valence-electron chi connectivity index (χ1n) is 9.32. The van der Waals surface area contributed by atoms with E-state index >= 15 is 0 Å². The van der Waals surface area contributed by atoms with Crippen LogP contribution in [0.2, 0.25) is 0 Å². The first kappa shape index (κ1) is 21.4. The van der Waals surface area contributed by atoms with Gasteiger partial charge in [0.15, 0.2) is 0 Å². The van der Waals surface area contributed by atoms with Gasteiger partial charge in [-0.05, 0) is 55.3 Å². The maximum absolute atomic E-state index is 13.0. The Hall–Kier alpha value is -3.29. The quantitative estimate of drug-likeness (QED) is 0.548. The molecule has 3 aromatic rings. The average Bonchev–Trinajstić information content (AvgIpc) is 3.01. The summed E-state index contributed by atoms with van der Waals surface area (Å²) in [6.45, 7) is 1.70. The van der Waals surface area contributed by atoms with E-state index in [9.17, 15) is 22.8 Å². The number of nitrogens with zero attached hydrogens (tertiary/aromatic N) is 1. The molecule has 0 bridgehead atoms. The van der Waals surface area contributed by atoms with Crippen LogP contribution in [0.3, 0.4) is 0 Å². The normalized spacial score (nSPS) is 11.6. The maximum atomic E-state index is 13.0. The standard InChI is InChI=1S/C22H20F3NO4/c1-14-12-18-16(13-20(27)28)4-2-5-19(18)26(14)21(29)15-6-8-17(9-7-15)30-11-3-10-22(23,24)25/h2,4-9,12H,3,10-11,13H2,1H3,(H,27,28). The lowest BCUT2D eigenvalue weighted by Gasteiger charge is -2.10. The topological polar surface area (TPSA) is 68.5 Å². The van der Waals surface area contributed by atoms with Gasteiger partial charge in [0, 0.05) is 23.1 Å². The zero-order valence-corrected chi connectivity index (χ0v) is 16.2. The second kappa shape index (κ2) is 8.61. The Morgan fingerprint density at radius 1 is 1.10 bits per heavy atom. The van der Waals surface area contributed by atoms with E-state index in [2.05, 4.69) is 0 Å². The molecule has 2 aromatic carbocycles. The number of ether oxygens (including phenoxy) is 1. The van der Waals surface area contributed by atoms with Gasteiger partial charge in [-0.1, -0.05) is 12.1 Å². The van der Waals surface area contributed by atoms with E-state index in [-0.39, 0.29) is 25.4 Å². The summed E-state index contributed by atoms with van der Waals surface area (Å²) in [5.74, 6) is -0.866. The lowest BCUT2D eigenvalue weighted by molar-refractivity contribution is -0.137. The second-order valence-electron chi connectivity index (χ2n) is 6.94. The second-order valence-corrected chi connectivity index (χ2v) is 6.94. The van der Waals surface area contributed by atoms with Crippen molar-refractivity contribution >= 4 is 22.8 Å². The minimum Gasteiger partial charge on any atom is -0.494 e. The molecule has 0 saturated carbocycles. The smallest absolute Gasteiger partial charge is 0.389 e. The summed E-state index contributed by atoms with van der Waals surface area (Å²) >= 11 is 0. The molecule has 0 spiro atoms. The highest BCUT2D eigenvalue weighted by Gasteiger charge is 2.26. The van der Waals surface area contributed by atoms with Crippen molar-refractivity contribution < 1.29 is 32.6 Å². The number of carboxylic acids is 1. The molecule has 1 heterocycles. The van der Waals surface area contributed by atoms with Gasteiger partial charge in [-0.25, -0.2) is 0 Å². The minimum absolute atomic E-state index is 0.0689. The van der Waals surface area contributed by atoms with Crippen LogP contribution in [-0.2, 0) is 11.2 Å². The van der Waals surface area contributed by atoms with Gasteiger partial charge in [0.1, 0.15) is 5.75 Å². The molecule has 3 rings (SSSR count). The van der Waals surface area contributed by atoms with Crippen LogP contribution in [0.1, 0.15) is 34.5 Å². The van der Waals surface area contributed by atoms with E-state index in [0.29, 0.717) is 33.5 Å². The molecule has 0 amide bonds. The molecule has 0 atom stereocenters. The third kappa shape index (κ3) is 5.00. The Morgan fingerprint density at radius 2 is 1.80 bits per heavy atom. The van der Waals surface area contributed by atoms with Crippen molar-refractivity contribution in [2.24, 2.45) is 0 Å². The lowest BCUT2D eigenvalue weighted by Crippen LogP contribution is -2.13. The number of aryl methyl sites for hydroxylation is 1. The van der Waals surface area contributed by atoms with Gasteiger partial charge in [-0.2, -0.15) is 13.2 Å². The Balaban J connectivity index is 1.77. The first-order chi connectivity index (χ1) is 14.2. The molecule has 5 nitrogen and oxygen atoms in total. The van der Waals surface area contributed by atoms with Crippen LogP contribution in [0.5, 0.6) is 5.75 Å². The summed E-state index contributed by atoms with van der Waals surface area (Å²) < 4.78 is 43.3. The molecular weight excluding hydrogens is 399 g/mol. The fraction of sp³-hybridized carbons (Fsp3) is 0.273. The van der Waals surface area contributed by atoms with Crippen molar-refractivity contribution in [2.75, 3.05) is 6.61 Å². The molecule has 0 unspecified atom stereocenters. The van der Waals surface area contributed by atoms with Gasteiger partial charge in [0.25, 0.3) is 5.91 Å². The van der Waals surface area contributed by atoms with Crippen molar-refractivity contribution in [3.8, 4) is 5.75 Å². The number of carboxylic acid groups (broad SMARTS) is 1. The van der Waals surface area contributed by atoms with E-state index < -0.39 is 18.6 Å².